The Balaban J connectivity index is 1.38. The summed E-state index contributed by atoms with van der Waals surface area (Å²) in [6.07, 6.45) is 3.57. The zero-order valence-electron chi connectivity index (χ0n) is 17.8. The summed E-state index contributed by atoms with van der Waals surface area (Å²) in [5, 5.41) is 0.786. The average molecular weight is 423 g/mol. The molecule has 1 unspecified atom stereocenters. The topological polar surface area (TPSA) is 15.7 Å². The minimum Gasteiger partial charge on any atom is -0.361 e. The van der Waals surface area contributed by atoms with Crippen molar-refractivity contribution in [2.24, 2.45) is 0 Å². The third-order valence-corrected chi connectivity index (χ3v) is 6.33. The predicted octanol–water partition coefficient (Wildman–Crippen LogP) is 5.01. The van der Waals surface area contributed by atoms with Crippen LogP contribution in [-0.2, 0) is 4.74 Å². The molecule has 2 aliphatic rings. The molecule has 0 aliphatic carbocycles. The molecule has 4 heteroatoms. The van der Waals surface area contributed by atoms with Crippen molar-refractivity contribution in [2.45, 2.75) is 44.4 Å². The molecular weight excluding hydrogens is 392 g/mol. The first-order valence-corrected chi connectivity index (χ1v) is 11.5. The van der Waals surface area contributed by atoms with Crippen LogP contribution in [0, 0.1) is 11.8 Å². The van der Waals surface area contributed by atoms with E-state index in [9.17, 15) is 0 Å². The summed E-state index contributed by atoms with van der Waals surface area (Å²) < 4.78 is 6.15. The number of piperazine rings is 1. The van der Waals surface area contributed by atoms with Gasteiger partial charge in [0.2, 0.25) is 0 Å². The van der Waals surface area contributed by atoms with E-state index in [1.54, 1.807) is 0 Å². The van der Waals surface area contributed by atoms with Crippen LogP contribution in [0.1, 0.15) is 43.4 Å². The maximum Gasteiger partial charge on any atom is 0.118 e. The van der Waals surface area contributed by atoms with Crippen LogP contribution < -0.4 is 0 Å². The smallest absolute Gasteiger partial charge is 0.118 e. The molecule has 0 bridgehead atoms. The molecule has 2 aromatic rings. The van der Waals surface area contributed by atoms with Crippen LogP contribution in [0.5, 0.6) is 0 Å². The van der Waals surface area contributed by atoms with E-state index in [0.29, 0.717) is 6.10 Å². The Morgan fingerprint density at radius 2 is 1.67 bits per heavy atom. The SMILES string of the molecule is CCC#C[C@@H]1CC[C@@H](CN2CCN(C(c3ccccc3)c3ccc(Cl)cc3)CC2)O1. The molecule has 30 heavy (non-hydrogen) atoms. The van der Waals surface area contributed by atoms with Gasteiger partial charge in [0.1, 0.15) is 6.10 Å². The van der Waals surface area contributed by atoms with Crippen LogP contribution in [0.4, 0.5) is 0 Å². The van der Waals surface area contributed by atoms with E-state index >= 15 is 0 Å². The summed E-state index contributed by atoms with van der Waals surface area (Å²) in [7, 11) is 0. The van der Waals surface area contributed by atoms with Gasteiger partial charge in [0.05, 0.1) is 12.1 Å². The fourth-order valence-electron chi connectivity index (χ4n) is 4.55. The van der Waals surface area contributed by atoms with Crippen molar-refractivity contribution in [3.05, 3.63) is 70.7 Å². The van der Waals surface area contributed by atoms with Gasteiger partial charge in [-0.15, -0.1) is 5.92 Å². The maximum atomic E-state index is 6.15. The molecule has 2 aromatic carbocycles. The van der Waals surface area contributed by atoms with Crippen molar-refractivity contribution in [1.82, 2.24) is 9.80 Å². The lowest BCUT2D eigenvalue weighted by atomic mass is 9.96. The van der Waals surface area contributed by atoms with E-state index in [1.807, 2.05) is 12.1 Å². The Kier molecular flexibility index (Phi) is 7.47. The first kappa shape index (κ1) is 21.4. The molecule has 2 saturated heterocycles. The molecule has 0 spiro atoms. The molecule has 0 amide bonds. The van der Waals surface area contributed by atoms with Gasteiger partial charge >= 0.3 is 0 Å². The van der Waals surface area contributed by atoms with Crippen LogP contribution >= 0.6 is 11.6 Å². The van der Waals surface area contributed by atoms with E-state index in [-0.39, 0.29) is 12.1 Å². The van der Waals surface area contributed by atoms with Crippen LogP contribution in [0.15, 0.2) is 54.6 Å². The number of halogens is 1. The van der Waals surface area contributed by atoms with Crippen molar-refractivity contribution in [1.29, 1.82) is 0 Å². The Morgan fingerprint density at radius 1 is 0.967 bits per heavy atom. The average Bonchev–Trinajstić information content (AvgIpc) is 3.23. The molecule has 4 rings (SSSR count). The zero-order chi connectivity index (χ0) is 20.8. The van der Waals surface area contributed by atoms with E-state index < -0.39 is 0 Å². The standard InChI is InChI=1S/C26H31ClN2O/c1-2-3-9-24-14-15-25(30-24)20-28-16-18-29(19-17-28)26(21-7-5-4-6-8-21)22-10-12-23(27)13-11-22/h4-8,10-13,24-26H,2,14-20H2,1H3/t24-,25+,26?/m1/s1. The summed E-state index contributed by atoms with van der Waals surface area (Å²) in [6, 6.07) is 19.4. The lowest BCUT2D eigenvalue weighted by Crippen LogP contribution is -2.49. The molecule has 2 fully saturated rings. The quantitative estimate of drug-likeness (QED) is 0.630. The van der Waals surface area contributed by atoms with E-state index in [1.165, 1.54) is 11.1 Å². The van der Waals surface area contributed by atoms with E-state index in [0.717, 1.165) is 57.0 Å². The molecule has 0 N–H and O–H groups in total. The minimum atomic E-state index is 0.142. The van der Waals surface area contributed by atoms with Gasteiger partial charge < -0.3 is 4.74 Å². The molecule has 0 saturated carbocycles. The highest BCUT2D eigenvalue weighted by molar-refractivity contribution is 6.30. The van der Waals surface area contributed by atoms with Gasteiger partial charge in [-0.2, -0.15) is 0 Å². The molecule has 3 atom stereocenters. The summed E-state index contributed by atoms with van der Waals surface area (Å²) >= 11 is 6.15. The lowest BCUT2D eigenvalue weighted by molar-refractivity contribution is 0.0274. The fourth-order valence-corrected chi connectivity index (χ4v) is 4.67. The number of ether oxygens (including phenoxy) is 1. The van der Waals surface area contributed by atoms with Gasteiger partial charge in [-0.3, -0.25) is 9.80 Å². The van der Waals surface area contributed by atoms with Crippen LogP contribution in [-0.4, -0.2) is 54.7 Å². The third kappa shape index (κ3) is 5.45. The largest absolute Gasteiger partial charge is 0.361 e. The van der Waals surface area contributed by atoms with Crippen LogP contribution in [0.2, 0.25) is 5.02 Å². The summed E-state index contributed by atoms with van der Waals surface area (Å²) in [4.78, 5) is 5.15. The van der Waals surface area contributed by atoms with Crippen molar-refractivity contribution in [2.75, 3.05) is 32.7 Å². The summed E-state index contributed by atoms with van der Waals surface area (Å²) in [5.74, 6) is 6.42. The number of hydrogen-bond acceptors (Lipinski definition) is 3. The lowest BCUT2D eigenvalue weighted by Gasteiger charge is -2.40. The van der Waals surface area contributed by atoms with Gasteiger partial charge in [0.15, 0.2) is 0 Å². The van der Waals surface area contributed by atoms with Crippen LogP contribution in [0.3, 0.4) is 0 Å². The summed E-state index contributed by atoms with van der Waals surface area (Å²) in [5.41, 5.74) is 2.64. The molecule has 3 nitrogen and oxygen atoms in total. The molecule has 2 heterocycles. The highest BCUT2D eigenvalue weighted by atomic mass is 35.5. The van der Waals surface area contributed by atoms with Gasteiger partial charge in [-0.05, 0) is 36.1 Å². The maximum absolute atomic E-state index is 6.15. The van der Waals surface area contributed by atoms with Crippen molar-refractivity contribution < 1.29 is 4.74 Å². The third-order valence-electron chi connectivity index (χ3n) is 6.08. The first-order chi connectivity index (χ1) is 14.7. The van der Waals surface area contributed by atoms with Gasteiger partial charge in [-0.1, -0.05) is 66.9 Å². The fraction of sp³-hybridized carbons (Fsp3) is 0.462. The van der Waals surface area contributed by atoms with Gasteiger partial charge in [0, 0.05) is 44.2 Å². The Morgan fingerprint density at radius 3 is 2.37 bits per heavy atom. The first-order valence-electron chi connectivity index (χ1n) is 11.1. The number of benzene rings is 2. The second kappa shape index (κ2) is 10.5. The van der Waals surface area contributed by atoms with E-state index in [2.05, 4.69) is 71.0 Å². The molecule has 158 valence electrons. The molecule has 0 aromatic heterocycles. The van der Waals surface area contributed by atoms with Crippen LogP contribution in [0.25, 0.3) is 0 Å². The molecule has 2 aliphatic heterocycles. The number of hydrogen-bond donors (Lipinski definition) is 0. The predicted molar refractivity (Wildman–Crippen MR) is 124 cm³/mol. The number of rotatable bonds is 5. The van der Waals surface area contributed by atoms with E-state index in [4.69, 9.17) is 16.3 Å². The highest BCUT2D eigenvalue weighted by Crippen LogP contribution is 2.30. The Hall–Kier alpha value is -1.83. The zero-order valence-corrected chi connectivity index (χ0v) is 18.5. The highest BCUT2D eigenvalue weighted by Gasteiger charge is 2.30. The number of nitrogens with zero attached hydrogens (tertiary/aromatic N) is 2. The second-order valence-corrected chi connectivity index (χ2v) is 8.64. The normalized spacial score (nSPS) is 23.7. The monoisotopic (exact) mass is 422 g/mol. The van der Waals surface area contributed by atoms with Gasteiger partial charge in [-0.25, -0.2) is 0 Å². The molecular formula is C26H31ClN2O. The summed E-state index contributed by atoms with van der Waals surface area (Å²) in [6.45, 7) is 7.35. The molecule has 0 radical (unpaired) electrons. The van der Waals surface area contributed by atoms with Crippen molar-refractivity contribution in [3.8, 4) is 11.8 Å². The minimum absolute atomic E-state index is 0.142. The Bertz CT molecular complexity index is 850. The van der Waals surface area contributed by atoms with Gasteiger partial charge in [0.25, 0.3) is 0 Å². The van der Waals surface area contributed by atoms with Crippen molar-refractivity contribution in [3.63, 3.8) is 0 Å². The second-order valence-electron chi connectivity index (χ2n) is 8.20. The van der Waals surface area contributed by atoms with Crippen molar-refractivity contribution >= 4 is 11.6 Å². The Labute approximate surface area is 186 Å².